The molecule has 0 atom stereocenters. The van der Waals surface area contributed by atoms with Crippen molar-refractivity contribution in [3.8, 4) is 6.01 Å². The molecule has 1 saturated carbocycles. The number of hydrogen-bond donors (Lipinski definition) is 0. The van der Waals surface area contributed by atoms with Crippen molar-refractivity contribution in [2.24, 2.45) is 0 Å². The largest absolute Gasteiger partial charge is 0.467 e. The Morgan fingerprint density at radius 2 is 2.00 bits per heavy atom. The minimum atomic E-state index is 0.506. The number of rotatable bonds is 2. The first-order valence-corrected chi connectivity index (χ1v) is 5.19. The molecule has 0 saturated heterocycles. The van der Waals surface area contributed by atoms with Gasteiger partial charge in [-0.15, -0.1) is 0 Å². The van der Waals surface area contributed by atoms with Gasteiger partial charge in [0.1, 0.15) is 0 Å². The molecule has 76 valence electrons. The van der Waals surface area contributed by atoms with Crippen LogP contribution in [0.2, 0.25) is 0 Å². The quantitative estimate of drug-likeness (QED) is 0.722. The lowest BCUT2D eigenvalue weighted by atomic mass is 10.0. The van der Waals surface area contributed by atoms with Crippen molar-refractivity contribution in [1.29, 1.82) is 0 Å². The van der Waals surface area contributed by atoms with Crippen molar-refractivity contribution in [2.75, 3.05) is 7.11 Å². The lowest BCUT2D eigenvalue weighted by Gasteiger charge is -2.09. The smallest absolute Gasteiger partial charge is 0.316 e. The van der Waals surface area contributed by atoms with E-state index in [2.05, 4.69) is 16.0 Å². The van der Waals surface area contributed by atoms with Gasteiger partial charge in [0.2, 0.25) is 0 Å². The van der Waals surface area contributed by atoms with Crippen LogP contribution in [0.1, 0.15) is 43.0 Å². The molecule has 0 spiro atoms. The van der Waals surface area contributed by atoms with Crippen molar-refractivity contribution < 1.29 is 4.74 Å². The van der Waals surface area contributed by atoms with Crippen LogP contribution in [0, 0.1) is 6.92 Å². The Morgan fingerprint density at radius 3 is 2.64 bits per heavy atom. The molecule has 0 bridgehead atoms. The first kappa shape index (κ1) is 9.44. The fourth-order valence-corrected chi connectivity index (χ4v) is 2.09. The monoisotopic (exact) mass is 192 g/mol. The summed E-state index contributed by atoms with van der Waals surface area (Å²) >= 11 is 0. The molecule has 1 fully saturated rings. The highest BCUT2D eigenvalue weighted by atomic mass is 16.5. The highest BCUT2D eigenvalue weighted by molar-refractivity contribution is 5.17. The minimum absolute atomic E-state index is 0.506. The van der Waals surface area contributed by atoms with Gasteiger partial charge in [0.25, 0.3) is 0 Å². The molecule has 0 radical (unpaired) electrons. The van der Waals surface area contributed by atoms with E-state index in [-0.39, 0.29) is 0 Å². The molecule has 1 aliphatic carbocycles. The molecule has 14 heavy (non-hydrogen) atoms. The van der Waals surface area contributed by atoms with Crippen LogP contribution in [0.5, 0.6) is 6.01 Å². The Hall–Kier alpha value is -1.12. The normalized spacial score (nSPS) is 17.3. The molecule has 3 heteroatoms. The highest BCUT2D eigenvalue weighted by Gasteiger charge is 2.19. The molecule has 0 amide bonds. The maximum Gasteiger partial charge on any atom is 0.316 e. The van der Waals surface area contributed by atoms with Gasteiger partial charge < -0.3 is 4.74 Å². The first-order valence-electron chi connectivity index (χ1n) is 5.19. The molecular weight excluding hydrogens is 176 g/mol. The van der Waals surface area contributed by atoms with E-state index in [1.165, 1.54) is 25.7 Å². The standard InChI is InChI=1S/C11H16N2O/c1-8-7-10(9-5-3-4-6-9)13-11(12-8)14-2/h7,9H,3-6H2,1-2H3. The van der Waals surface area contributed by atoms with E-state index in [1.54, 1.807) is 7.11 Å². The third kappa shape index (κ3) is 1.86. The van der Waals surface area contributed by atoms with Gasteiger partial charge in [0, 0.05) is 11.6 Å². The van der Waals surface area contributed by atoms with E-state index >= 15 is 0 Å². The Morgan fingerprint density at radius 1 is 1.29 bits per heavy atom. The van der Waals surface area contributed by atoms with Gasteiger partial charge in [0.15, 0.2) is 0 Å². The summed E-state index contributed by atoms with van der Waals surface area (Å²) in [4.78, 5) is 8.59. The zero-order valence-electron chi connectivity index (χ0n) is 8.79. The summed E-state index contributed by atoms with van der Waals surface area (Å²) in [7, 11) is 1.62. The average molecular weight is 192 g/mol. The SMILES string of the molecule is COc1nc(C)cc(C2CCCC2)n1. The summed E-state index contributed by atoms with van der Waals surface area (Å²) in [5.74, 6) is 0.630. The third-order valence-corrected chi connectivity index (χ3v) is 2.81. The van der Waals surface area contributed by atoms with Crippen molar-refractivity contribution in [3.05, 3.63) is 17.5 Å². The van der Waals surface area contributed by atoms with Gasteiger partial charge in [-0.2, -0.15) is 4.98 Å². The molecule has 1 aromatic rings. The Labute approximate surface area is 84.5 Å². The molecule has 1 aliphatic rings. The molecule has 0 unspecified atom stereocenters. The number of hydrogen-bond acceptors (Lipinski definition) is 3. The van der Waals surface area contributed by atoms with Gasteiger partial charge in [-0.1, -0.05) is 12.8 Å². The molecule has 1 aromatic heterocycles. The molecule has 0 N–H and O–H groups in total. The maximum absolute atomic E-state index is 5.07. The molecule has 0 aliphatic heterocycles. The van der Waals surface area contributed by atoms with Crippen molar-refractivity contribution in [2.45, 2.75) is 38.5 Å². The van der Waals surface area contributed by atoms with E-state index in [1.807, 2.05) is 6.92 Å². The number of aromatic nitrogens is 2. The average Bonchev–Trinajstić information content (AvgIpc) is 2.69. The van der Waals surface area contributed by atoms with E-state index in [0.717, 1.165) is 11.4 Å². The van der Waals surface area contributed by atoms with Gasteiger partial charge in [0.05, 0.1) is 12.8 Å². The minimum Gasteiger partial charge on any atom is -0.467 e. The molecule has 1 heterocycles. The molecule has 3 nitrogen and oxygen atoms in total. The summed E-state index contributed by atoms with van der Waals surface area (Å²) in [5, 5.41) is 0. The molecule has 0 aromatic carbocycles. The van der Waals surface area contributed by atoms with Crippen LogP contribution in [0.3, 0.4) is 0 Å². The highest BCUT2D eigenvalue weighted by Crippen LogP contribution is 2.33. The van der Waals surface area contributed by atoms with Gasteiger partial charge in [-0.05, 0) is 25.8 Å². The Balaban J connectivity index is 2.27. The zero-order chi connectivity index (χ0) is 9.97. The topological polar surface area (TPSA) is 35.0 Å². The predicted molar refractivity (Wildman–Crippen MR) is 54.5 cm³/mol. The lowest BCUT2D eigenvalue weighted by Crippen LogP contribution is -2.02. The van der Waals surface area contributed by atoms with Gasteiger partial charge >= 0.3 is 6.01 Å². The summed E-state index contributed by atoms with van der Waals surface area (Å²) in [6.07, 6.45) is 5.19. The Kier molecular flexibility index (Phi) is 2.66. The number of methoxy groups -OCH3 is 1. The van der Waals surface area contributed by atoms with E-state index in [4.69, 9.17) is 4.74 Å². The second-order valence-corrected chi connectivity index (χ2v) is 3.90. The zero-order valence-corrected chi connectivity index (χ0v) is 8.79. The van der Waals surface area contributed by atoms with Crippen LogP contribution < -0.4 is 4.74 Å². The van der Waals surface area contributed by atoms with Crippen molar-refractivity contribution in [1.82, 2.24) is 9.97 Å². The van der Waals surface area contributed by atoms with Crippen LogP contribution in [0.15, 0.2) is 6.07 Å². The number of ether oxygens (including phenoxy) is 1. The van der Waals surface area contributed by atoms with E-state index < -0.39 is 0 Å². The number of nitrogens with zero attached hydrogens (tertiary/aromatic N) is 2. The summed E-state index contributed by atoms with van der Waals surface area (Å²) in [6, 6.07) is 2.59. The van der Waals surface area contributed by atoms with Gasteiger partial charge in [-0.25, -0.2) is 4.98 Å². The number of aryl methyl sites for hydroxylation is 1. The van der Waals surface area contributed by atoms with Crippen molar-refractivity contribution >= 4 is 0 Å². The maximum atomic E-state index is 5.07. The van der Waals surface area contributed by atoms with Crippen LogP contribution in [0.4, 0.5) is 0 Å². The fourth-order valence-electron chi connectivity index (χ4n) is 2.09. The van der Waals surface area contributed by atoms with Crippen LogP contribution >= 0.6 is 0 Å². The summed E-state index contributed by atoms with van der Waals surface area (Å²) in [5.41, 5.74) is 2.16. The van der Waals surface area contributed by atoms with Crippen molar-refractivity contribution in [3.63, 3.8) is 0 Å². The first-order chi connectivity index (χ1) is 6.79. The summed E-state index contributed by atoms with van der Waals surface area (Å²) in [6.45, 7) is 1.99. The fraction of sp³-hybridized carbons (Fsp3) is 0.636. The van der Waals surface area contributed by atoms with Crippen LogP contribution in [0.25, 0.3) is 0 Å². The van der Waals surface area contributed by atoms with E-state index in [9.17, 15) is 0 Å². The third-order valence-electron chi connectivity index (χ3n) is 2.81. The van der Waals surface area contributed by atoms with E-state index in [0.29, 0.717) is 11.9 Å². The second kappa shape index (κ2) is 3.95. The lowest BCUT2D eigenvalue weighted by molar-refractivity contribution is 0.375. The second-order valence-electron chi connectivity index (χ2n) is 3.90. The van der Waals surface area contributed by atoms with Gasteiger partial charge in [-0.3, -0.25) is 0 Å². The summed E-state index contributed by atoms with van der Waals surface area (Å²) < 4.78 is 5.07. The van der Waals surface area contributed by atoms with Crippen LogP contribution in [-0.2, 0) is 0 Å². The molecule has 2 rings (SSSR count). The molecular formula is C11H16N2O. The Bertz CT molecular complexity index is 319. The van der Waals surface area contributed by atoms with Crippen LogP contribution in [-0.4, -0.2) is 17.1 Å². The predicted octanol–water partition coefficient (Wildman–Crippen LogP) is 2.45.